The van der Waals surface area contributed by atoms with Gasteiger partial charge in [-0.15, -0.1) is 0 Å². The molecule has 0 radical (unpaired) electrons. The molecule has 3 fully saturated rings. The Balaban J connectivity index is 1.54. The van der Waals surface area contributed by atoms with Gasteiger partial charge in [-0.1, -0.05) is 37.3 Å². The molecule has 28 heavy (non-hydrogen) atoms. The first kappa shape index (κ1) is 18.3. The molecule has 1 amide bonds. The molecule has 0 aromatic heterocycles. The van der Waals surface area contributed by atoms with Crippen LogP contribution >= 0.6 is 0 Å². The highest BCUT2D eigenvalue weighted by molar-refractivity contribution is 6.01. The number of nitrogens with one attached hydrogen (secondary N) is 1. The summed E-state index contributed by atoms with van der Waals surface area (Å²) in [6, 6.07) is 10.7. The Morgan fingerprint density at radius 3 is 2.68 bits per heavy atom. The number of amides is 1. The highest BCUT2D eigenvalue weighted by Gasteiger charge is 2.62. The van der Waals surface area contributed by atoms with Crippen molar-refractivity contribution < 1.29 is 9.53 Å². The number of fused-ring (bicyclic) bond motifs is 1. The fourth-order valence-corrected chi connectivity index (χ4v) is 5.97. The molecule has 1 spiro atoms. The van der Waals surface area contributed by atoms with Crippen LogP contribution in [0.5, 0.6) is 0 Å². The Kier molecular flexibility index (Phi) is 4.55. The van der Waals surface area contributed by atoms with Crippen LogP contribution in [-0.4, -0.2) is 48.1 Å². The number of likely N-dealkylation sites (tertiary alicyclic amines) is 1. The molecule has 5 atom stereocenters. The van der Waals surface area contributed by atoms with Crippen LogP contribution in [0.2, 0.25) is 0 Å². The van der Waals surface area contributed by atoms with Gasteiger partial charge in [-0.3, -0.25) is 9.79 Å². The normalized spacial score (nSPS) is 38.3. The van der Waals surface area contributed by atoms with Crippen molar-refractivity contribution in [3.05, 3.63) is 35.9 Å². The summed E-state index contributed by atoms with van der Waals surface area (Å²) in [6.07, 6.45) is 3.76. The van der Waals surface area contributed by atoms with Crippen LogP contribution in [0.25, 0.3) is 0 Å². The van der Waals surface area contributed by atoms with Crippen molar-refractivity contribution in [1.29, 1.82) is 0 Å². The third-order valence-electron chi connectivity index (χ3n) is 7.58. The lowest BCUT2D eigenvalue weighted by atomic mass is 9.78. The van der Waals surface area contributed by atoms with Gasteiger partial charge in [0.2, 0.25) is 5.91 Å². The van der Waals surface area contributed by atoms with Gasteiger partial charge >= 0.3 is 0 Å². The Bertz CT molecular complexity index is 773. The maximum absolute atomic E-state index is 13.4. The van der Waals surface area contributed by atoms with E-state index >= 15 is 0 Å². The molecular weight excluding hydrogens is 350 g/mol. The molecule has 1 aromatic carbocycles. The van der Waals surface area contributed by atoms with Crippen LogP contribution < -0.4 is 5.32 Å². The van der Waals surface area contributed by atoms with Gasteiger partial charge < -0.3 is 15.0 Å². The summed E-state index contributed by atoms with van der Waals surface area (Å²) in [6.45, 7) is 7.08. The second-order valence-corrected chi connectivity index (χ2v) is 8.93. The van der Waals surface area contributed by atoms with Gasteiger partial charge in [-0.05, 0) is 56.7 Å². The van der Waals surface area contributed by atoms with Crippen molar-refractivity contribution >= 4 is 11.6 Å². The molecule has 5 heteroatoms. The van der Waals surface area contributed by atoms with Gasteiger partial charge in [0, 0.05) is 24.8 Å². The Morgan fingerprint density at radius 2 is 1.96 bits per heavy atom. The number of rotatable bonds is 3. The minimum atomic E-state index is -0.593. The highest BCUT2D eigenvalue weighted by atomic mass is 16.6. The molecule has 150 valence electrons. The number of carbonyl (C=O) groups is 1. The summed E-state index contributed by atoms with van der Waals surface area (Å²) in [5.41, 5.74) is 1.85. The molecular formula is C23H31N3O2. The molecule has 2 saturated heterocycles. The first-order valence-corrected chi connectivity index (χ1v) is 11.0. The maximum atomic E-state index is 13.4. The molecule has 5 rings (SSSR count). The summed E-state index contributed by atoms with van der Waals surface area (Å²) >= 11 is 0. The second kappa shape index (κ2) is 6.96. The SMILES string of the molecule is CCN1C(=O)C2C[C@@]13O[C@H](C1CCNCC1)N=C3C[C@H](c1ccccc1)[C@H]2C. The number of carbonyl (C=O) groups excluding carboxylic acids is 1. The molecule has 5 nitrogen and oxygen atoms in total. The van der Waals surface area contributed by atoms with Crippen molar-refractivity contribution in [2.45, 2.75) is 57.4 Å². The number of ether oxygens (including phenoxy) is 1. The van der Waals surface area contributed by atoms with Crippen LogP contribution in [0.3, 0.4) is 0 Å². The lowest BCUT2D eigenvalue weighted by Gasteiger charge is -2.37. The van der Waals surface area contributed by atoms with Crippen LogP contribution in [0, 0.1) is 17.8 Å². The topological polar surface area (TPSA) is 53.9 Å². The summed E-state index contributed by atoms with van der Waals surface area (Å²) in [5.74, 6) is 1.34. The van der Waals surface area contributed by atoms with Crippen molar-refractivity contribution in [2.75, 3.05) is 19.6 Å². The van der Waals surface area contributed by atoms with Crippen molar-refractivity contribution in [1.82, 2.24) is 10.2 Å². The van der Waals surface area contributed by atoms with E-state index in [-0.39, 0.29) is 24.0 Å². The first-order chi connectivity index (χ1) is 13.6. The smallest absolute Gasteiger partial charge is 0.228 e. The number of piperidine rings is 1. The van der Waals surface area contributed by atoms with E-state index in [1.54, 1.807) is 0 Å². The largest absolute Gasteiger partial charge is 0.325 e. The fraction of sp³-hybridized carbons (Fsp3) is 0.652. The summed E-state index contributed by atoms with van der Waals surface area (Å²) in [7, 11) is 0. The summed E-state index contributed by atoms with van der Waals surface area (Å²) in [5, 5.41) is 3.44. The van der Waals surface area contributed by atoms with Gasteiger partial charge in [0.15, 0.2) is 12.0 Å². The van der Waals surface area contributed by atoms with E-state index in [9.17, 15) is 4.79 Å². The molecule has 1 N–H and O–H groups in total. The predicted octanol–water partition coefficient (Wildman–Crippen LogP) is 3.17. The predicted molar refractivity (Wildman–Crippen MR) is 109 cm³/mol. The molecule has 4 aliphatic rings. The molecule has 2 bridgehead atoms. The minimum Gasteiger partial charge on any atom is -0.325 e. The fourth-order valence-electron chi connectivity index (χ4n) is 5.97. The minimum absolute atomic E-state index is 0.0182. The monoisotopic (exact) mass is 381 g/mol. The Morgan fingerprint density at radius 1 is 1.21 bits per heavy atom. The van der Waals surface area contributed by atoms with E-state index < -0.39 is 5.72 Å². The third-order valence-corrected chi connectivity index (χ3v) is 7.58. The van der Waals surface area contributed by atoms with Gasteiger partial charge in [-0.25, -0.2) is 0 Å². The van der Waals surface area contributed by atoms with Crippen molar-refractivity contribution in [3.63, 3.8) is 0 Å². The Labute approximate surface area is 167 Å². The van der Waals surface area contributed by atoms with E-state index in [1.807, 2.05) is 4.90 Å². The van der Waals surface area contributed by atoms with Crippen LogP contribution in [0.15, 0.2) is 35.3 Å². The molecule has 1 unspecified atom stereocenters. The molecule has 1 aromatic rings. The second-order valence-electron chi connectivity index (χ2n) is 8.93. The number of aliphatic imine (C=N–C) groups is 1. The van der Waals surface area contributed by atoms with E-state index in [2.05, 4.69) is 49.5 Å². The lowest BCUT2D eigenvalue weighted by Crippen LogP contribution is -2.53. The number of benzene rings is 1. The molecule has 1 saturated carbocycles. The van der Waals surface area contributed by atoms with Gasteiger partial charge in [0.1, 0.15) is 0 Å². The Hall–Kier alpha value is -1.72. The first-order valence-electron chi connectivity index (χ1n) is 11.0. The quantitative estimate of drug-likeness (QED) is 0.875. The number of nitrogens with zero attached hydrogens (tertiary/aromatic N) is 2. The molecule has 3 heterocycles. The van der Waals surface area contributed by atoms with E-state index in [1.165, 1.54) is 5.56 Å². The van der Waals surface area contributed by atoms with E-state index in [0.29, 0.717) is 18.4 Å². The third kappa shape index (κ3) is 2.66. The van der Waals surface area contributed by atoms with E-state index in [0.717, 1.165) is 44.5 Å². The zero-order valence-electron chi connectivity index (χ0n) is 16.9. The summed E-state index contributed by atoms with van der Waals surface area (Å²) < 4.78 is 6.74. The van der Waals surface area contributed by atoms with Gasteiger partial charge in [0.05, 0.1) is 5.71 Å². The highest BCUT2D eigenvalue weighted by Crippen LogP contribution is 2.53. The van der Waals surface area contributed by atoms with Gasteiger partial charge in [0.25, 0.3) is 0 Å². The number of hydrogen-bond donors (Lipinski definition) is 1. The molecule has 1 aliphatic carbocycles. The summed E-state index contributed by atoms with van der Waals surface area (Å²) in [4.78, 5) is 20.5. The van der Waals surface area contributed by atoms with Crippen LogP contribution in [0.1, 0.15) is 51.0 Å². The maximum Gasteiger partial charge on any atom is 0.228 e. The van der Waals surface area contributed by atoms with Crippen LogP contribution in [-0.2, 0) is 9.53 Å². The van der Waals surface area contributed by atoms with Gasteiger partial charge in [-0.2, -0.15) is 0 Å². The average Bonchev–Trinajstić information content (AvgIpc) is 3.20. The number of hydrogen-bond acceptors (Lipinski definition) is 4. The zero-order valence-corrected chi connectivity index (χ0v) is 16.9. The lowest BCUT2D eigenvalue weighted by molar-refractivity contribution is -0.152. The molecule has 3 aliphatic heterocycles. The zero-order chi connectivity index (χ0) is 19.3. The van der Waals surface area contributed by atoms with Crippen LogP contribution in [0.4, 0.5) is 0 Å². The van der Waals surface area contributed by atoms with Crippen molar-refractivity contribution in [2.24, 2.45) is 22.7 Å². The standard InChI is InChI=1S/C23H31N3O2/c1-3-26-22(27)19-14-23(26)20(25-21(28-23)17-9-11-24-12-10-17)13-18(15(19)2)16-7-5-4-6-8-16/h4-8,15,17-19,21,24H,3,9-14H2,1-2H3/t15-,18+,19?,21-,23+/m1/s1. The average molecular weight is 382 g/mol. The van der Waals surface area contributed by atoms with Crippen molar-refractivity contribution in [3.8, 4) is 0 Å². The van der Waals surface area contributed by atoms with E-state index in [4.69, 9.17) is 9.73 Å².